The summed E-state index contributed by atoms with van der Waals surface area (Å²) in [5.41, 5.74) is 4.26. The van der Waals surface area contributed by atoms with E-state index in [1.807, 2.05) is 23.1 Å². The van der Waals surface area contributed by atoms with Gasteiger partial charge >= 0.3 is 0 Å². The molecule has 0 saturated carbocycles. The molecule has 3 aromatic rings. The molecule has 1 saturated heterocycles. The molecule has 0 unspecified atom stereocenters. The van der Waals surface area contributed by atoms with Gasteiger partial charge in [0, 0.05) is 30.4 Å². The Bertz CT molecular complexity index is 1090. The number of anilines is 1. The lowest BCUT2D eigenvalue weighted by Gasteiger charge is -2.36. The Morgan fingerprint density at radius 1 is 0.969 bits per heavy atom. The lowest BCUT2D eigenvalue weighted by molar-refractivity contribution is -0.119. The highest BCUT2D eigenvalue weighted by Crippen LogP contribution is 2.35. The van der Waals surface area contributed by atoms with Crippen molar-refractivity contribution in [2.24, 2.45) is 0 Å². The summed E-state index contributed by atoms with van der Waals surface area (Å²) in [7, 11) is 0. The first kappa shape index (κ1) is 20.8. The number of carbonyl (C=O) groups excluding carboxylic acids is 1. The maximum Gasteiger partial charge on any atom is 0.228 e. The molecule has 1 atom stereocenters. The number of fused-ring (bicyclic) bond motifs is 1. The minimum Gasteiger partial charge on any atom is -0.290 e. The van der Waals surface area contributed by atoms with Crippen LogP contribution < -0.4 is 4.90 Å². The molecule has 2 aliphatic heterocycles. The maximum atomic E-state index is 12.9. The molecular weight excluding hydrogens is 398 g/mol. The molecule has 0 bridgehead atoms. The van der Waals surface area contributed by atoms with E-state index in [1.54, 1.807) is 6.20 Å². The van der Waals surface area contributed by atoms with Crippen molar-refractivity contribution < 1.29 is 4.79 Å². The zero-order valence-electron chi connectivity index (χ0n) is 18.6. The zero-order chi connectivity index (χ0) is 21.9. The molecule has 2 aromatic heterocycles. The molecule has 0 aliphatic carbocycles. The number of carbonyl (C=O) groups is 1. The Kier molecular flexibility index (Phi) is 5.95. The lowest BCUT2D eigenvalue weighted by atomic mass is 9.98. The summed E-state index contributed by atoms with van der Waals surface area (Å²) in [5, 5.41) is 0. The third kappa shape index (κ3) is 4.28. The largest absolute Gasteiger partial charge is 0.290 e. The van der Waals surface area contributed by atoms with Crippen LogP contribution in [0.2, 0.25) is 0 Å². The molecule has 0 spiro atoms. The summed E-state index contributed by atoms with van der Waals surface area (Å²) in [6.45, 7) is 4.43. The van der Waals surface area contributed by atoms with Crippen molar-refractivity contribution in [1.82, 2.24) is 19.9 Å². The Morgan fingerprint density at radius 3 is 2.62 bits per heavy atom. The van der Waals surface area contributed by atoms with Crippen LogP contribution in [-0.4, -0.2) is 32.3 Å². The number of likely N-dealkylation sites (tertiary alicyclic amines) is 1. The summed E-state index contributed by atoms with van der Waals surface area (Å²) in [4.78, 5) is 31.6. The van der Waals surface area contributed by atoms with E-state index < -0.39 is 0 Å². The predicted octanol–water partition coefficient (Wildman–Crippen LogP) is 4.39. The van der Waals surface area contributed by atoms with E-state index in [0.29, 0.717) is 19.4 Å². The van der Waals surface area contributed by atoms with Crippen LogP contribution in [0.3, 0.4) is 0 Å². The lowest BCUT2D eigenvalue weighted by Crippen LogP contribution is -2.38. The molecule has 6 nitrogen and oxygen atoms in total. The number of pyridine rings is 1. The standard InChI is InChI=1S/C26H29N5O/c1-19-22-13-14-24(32)31(18-21-11-5-7-15-27-21)26(22)29-25(28-19)23-12-6-8-16-30(23)17-20-9-3-2-4-10-20/h2-5,7,9-11,15,23H,6,8,12-14,16-18H2,1H3/t23-/m0/s1. The molecule has 2 aliphatic rings. The van der Waals surface area contributed by atoms with Gasteiger partial charge in [-0.05, 0) is 50.4 Å². The van der Waals surface area contributed by atoms with E-state index in [-0.39, 0.29) is 11.9 Å². The van der Waals surface area contributed by atoms with E-state index in [9.17, 15) is 4.79 Å². The van der Waals surface area contributed by atoms with Gasteiger partial charge in [-0.3, -0.25) is 19.6 Å². The summed E-state index contributed by atoms with van der Waals surface area (Å²) < 4.78 is 0. The van der Waals surface area contributed by atoms with Crippen LogP contribution >= 0.6 is 0 Å². The first-order chi connectivity index (χ1) is 15.7. The van der Waals surface area contributed by atoms with Gasteiger partial charge in [0.05, 0.1) is 18.3 Å². The molecule has 6 heteroatoms. The second-order valence-electron chi connectivity index (χ2n) is 8.74. The van der Waals surface area contributed by atoms with Gasteiger partial charge in [-0.1, -0.05) is 42.8 Å². The van der Waals surface area contributed by atoms with Crippen LogP contribution in [-0.2, 0) is 24.3 Å². The van der Waals surface area contributed by atoms with Crippen molar-refractivity contribution in [2.45, 2.75) is 58.2 Å². The maximum absolute atomic E-state index is 12.9. The SMILES string of the molecule is Cc1nc([C@@H]2CCCCN2Cc2ccccc2)nc2c1CCC(=O)N2Cc1ccccn1. The van der Waals surface area contributed by atoms with Crippen LogP contribution in [0.4, 0.5) is 5.82 Å². The molecule has 5 rings (SSSR count). The van der Waals surface area contributed by atoms with Gasteiger partial charge < -0.3 is 0 Å². The average molecular weight is 428 g/mol. The quantitative estimate of drug-likeness (QED) is 0.604. The minimum atomic E-state index is 0.108. The van der Waals surface area contributed by atoms with E-state index in [2.05, 4.69) is 47.1 Å². The summed E-state index contributed by atoms with van der Waals surface area (Å²) >= 11 is 0. The molecule has 0 radical (unpaired) electrons. The van der Waals surface area contributed by atoms with E-state index in [4.69, 9.17) is 9.97 Å². The van der Waals surface area contributed by atoms with Crippen LogP contribution in [0, 0.1) is 6.92 Å². The first-order valence-corrected chi connectivity index (χ1v) is 11.5. The van der Waals surface area contributed by atoms with E-state index in [1.165, 1.54) is 18.4 Å². The van der Waals surface area contributed by atoms with Gasteiger partial charge in [0.25, 0.3) is 0 Å². The van der Waals surface area contributed by atoms with E-state index in [0.717, 1.165) is 48.1 Å². The number of rotatable bonds is 5. The van der Waals surface area contributed by atoms with Crippen molar-refractivity contribution in [2.75, 3.05) is 11.4 Å². The fourth-order valence-electron chi connectivity index (χ4n) is 4.86. The molecule has 1 fully saturated rings. The van der Waals surface area contributed by atoms with Crippen LogP contribution in [0.1, 0.15) is 60.1 Å². The van der Waals surface area contributed by atoms with Crippen molar-refractivity contribution >= 4 is 11.7 Å². The number of nitrogens with zero attached hydrogens (tertiary/aromatic N) is 5. The first-order valence-electron chi connectivity index (χ1n) is 11.5. The number of hydrogen-bond acceptors (Lipinski definition) is 5. The summed E-state index contributed by atoms with van der Waals surface area (Å²) in [5.74, 6) is 1.73. The van der Waals surface area contributed by atoms with Gasteiger partial charge in [-0.15, -0.1) is 0 Å². The third-order valence-electron chi connectivity index (χ3n) is 6.54. The monoisotopic (exact) mass is 427 g/mol. The van der Waals surface area contributed by atoms with Crippen LogP contribution in [0.5, 0.6) is 0 Å². The van der Waals surface area contributed by atoms with Crippen LogP contribution in [0.25, 0.3) is 0 Å². The third-order valence-corrected chi connectivity index (χ3v) is 6.54. The molecule has 1 aromatic carbocycles. The second-order valence-corrected chi connectivity index (χ2v) is 8.74. The molecule has 0 N–H and O–H groups in total. The van der Waals surface area contributed by atoms with Crippen molar-refractivity contribution in [3.05, 3.63) is 83.1 Å². The topological polar surface area (TPSA) is 62.2 Å². The average Bonchev–Trinajstić information content (AvgIpc) is 2.82. The molecule has 4 heterocycles. The van der Waals surface area contributed by atoms with Crippen LogP contribution in [0.15, 0.2) is 54.7 Å². The summed E-state index contributed by atoms with van der Waals surface area (Å²) in [6.07, 6.45) is 6.37. The highest BCUT2D eigenvalue weighted by molar-refractivity contribution is 5.95. The van der Waals surface area contributed by atoms with Gasteiger partial charge in [-0.2, -0.15) is 0 Å². The number of benzene rings is 1. The Balaban J connectivity index is 1.48. The second kappa shape index (κ2) is 9.17. The fraction of sp³-hybridized carbons (Fsp3) is 0.385. The smallest absolute Gasteiger partial charge is 0.228 e. The number of hydrogen-bond donors (Lipinski definition) is 0. The minimum absolute atomic E-state index is 0.108. The number of aryl methyl sites for hydroxylation is 1. The molecule has 164 valence electrons. The predicted molar refractivity (Wildman–Crippen MR) is 124 cm³/mol. The highest BCUT2D eigenvalue weighted by atomic mass is 16.2. The van der Waals surface area contributed by atoms with Gasteiger partial charge in [-0.25, -0.2) is 9.97 Å². The van der Waals surface area contributed by atoms with Gasteiger partial charge in [0.15, 0.2) is 0 Å². The van der Waals surface area contributed by atoms with Crippen molar-refractivity contribution in [3.8, 4) is 0 Å². The fourth-order valence-corrected chi connectivity index (χ4v) is 4.86. The molecule has 1 amide bonds. The zero-order valence-corrected chi connectivity index (χ0v) is 18.6. The summed E-state index contributed by atoms with van der Waals surface area (Å²) in [6, 6.07) is 16.6. The number of amides is 1. The Labute approximate surface area is 189 Å². The normalized spacial score (nSPS) is 19.1. The molecule has 32 heavy (non-hydrogen) atoms. The van der Waals surface area contributed by atoms with Gasteiger partial charge in [0.2, 0.25) is 5.91 Å². The molecular formula is C26H29N5O. The Morgan fingerprint density at radius 2 is 1.81 bits per heavy atom. The van der Waals surface area contributed by atoms with Crippen molar-refractivity contribution in [1.29, 1.82) is 0 Å². The van der Waals surface area contributed by atoms with Crippen molar-refractivity contribution in [3.63, 3.8) is 0 Å². The Hall–Kier alpha value is -3.12. The highest BCUT2D eigenvalue weighted by Gasteiger charge is 2.32. The number of piperidine rings is 1. The number of aromatic nitrogens is 3. The van der Waals surface area contributed by atoms with Gasteiger partial charge in [0.1, 0.15) is 11.6 Å². The van der Waals surface area contributed by atoms with E-state index >= 15 is 0 Å².